The van der Waals surface area contributed by atoms with Crippen LogP contribution in [0.2, 0.25) is 5.04 Å². The van der Waals surface area contributed by atoms with Gasteiger partial charge in [-0.1, -0.05) is 81.4 Å². The maximum Gasteiger partial charge on any atom is 0.261 e. The molecule has 0 aromatic heterocycles. The van der Waals surface area contributed by atoms with E-state index in [0.717, 1.165) is 12.7 Å². The number of rotatable bonds is 9. The number of hydrogen-bond acceptors (Lipinski definition) is 3. The van der Waals surface area contributed by atoms with Gasteiger partial charge in [-0.05, 0) is 28.3 Å². The molecule has 140 valence electrons. The minimum atomic E-state index is -2.49. The van der Waals surface area contributed by atoms with Gasteiger partial charge in [-0.2, -0.15) is 0 Å². The molecule has 0 aliphatic heterocycles. The fourth-order valence-electron chi connectivity index (χ4n) is 3.53. The van der Waals surface area contributed by atoms with E-state index in [0.29, 0.717) is 13.0 Å². The number of carbonyl (C=O) groups is 1. The lowest BCUT2D eigenvalue weighted by molar-refractivity contribution is -0.109. The van der Waals surface area contributed by atoms with Crippen LogP contribution < -0.4 is 10.4 Å². The molecule has 0 spiro atoms. The lowest BCUT2D eigenvalue weighted by atomic mass is 10.1. The van der Waals surface area contributed by atoms with Crippen molar-refractivity contribution in [3.05, 3.63) is 60.7 Å². The Labute approximate surface area is 158 Å². The Bertz CT molecular complexity index is 625. The SMILES string of the molecule is CC(C)(C)[Si](OCCC[C@@H](O)CC=O)(c1ccccc1)c1ccccc1. The molecule has 0 bridgehead atoms. The number of aliphatic hydroxyl groups is 1. The summed E-state index contributed by atoms with van der Waals surface area (Å²) in [5.74, 6) is 0. The van der Waals surface area contributed by atoms with Crippen molar-refractivity contribution >= 4 is 25.0 Å². The van der Waals surface area contributed by atoms with Crippen molar-refractivity contribution in [2.75, 3.05) is 6.61 Å². The van der Waals surface area contributed by atoms with Crippen LogP contribution in [0, 0.1) is 0 Å². The topological polar surface area (TPSA) is 46.5 Å². The predicted octanol–water partition coefficient (Wildman–Crippen LogP) is 3.29. The van der Waals surface area contributed by atoms with Crippen molar-refractivity contribution in [1.29, 1.82) is 0 Å². The third-order valence-corrected chi connectivity index (χ3v) is 9.83. The summed E-state index contributed by atoms with van der Waals surface area (Å²) in [6.45, 7) is 7.32. The van der Waals surface area contributed by atoms with Crippen LogP contribution in [0.5, 0.6) is 0 Å². The summed E-state index contributed by atoms with van der Waals surface area (Å²) in [6.07, 6.45) is 1.71. The predicted molar refractivity (Wildman–Crippen MR) is 109 cm³/mol. The lowest BCUT2D eigenvalue weighted by Gasteiger charge is -2.43. The zero-order valence-corrected chi connectivity index (χ0v) is 17.0. The van der Waals surface area contributed by atoms with Crippen LogP contribution in [0.25, 0.3) is 0 Å². The van der Waals surface area contributed by atoms with E-state index in [4.69, 9.17) is 4.43 Å². The molecule has 1 N–H and O–H groups in total. The van der Waals surface area contributed by atoms with Gasteiger partial charge in [0.05, 0.1) is 6.10 Å². The molecule has 2 aromatic carbocycles. The van der Waals surface area contributed by atoms with Crippen LogP contribution >= 0.6 is 0 Å². The van der Waals surface area contributed by atoms with E-state index < -0.39 is 14.4 Å². The van der Waals surface area contributed by atoms with Crippen molar-refractivity contribution in [3.8, 4) is 0 Å². The summed E-state index contributed by atoms with van der Waals surface area (Å²) >= 11 is 0. The number of hydrogen-bond donors (Lipinski definition) is 1. The van der Waals surface area contributed by atoms with E-state index in [-0.39, 0.29) is 11.5 Å². The van der Waals surface area contributed by atoms with Gasteiger partial charge in [-0.25, -0.2) is 0 Å². The summed E-state index contributed by atoms with van der Waals surface area (Å²) < 4.78 is 6.73. The first-order valence-electron chi connectivity index (χ1n) is 9.28. The molecule has 2 rings (SSSR count). The quantitative estimate of drug-likeness (QED) is 0.418. The molecule has 0 amide bonds. The Kier molecular flexibility index (Phi) is 7.32. The highest BCUT2D eigenvalue weighted by atomic mass is 28.4. The normalized spacial score (nSPS) is 13.4. The van der Waals surface area contributed by atoms with Crippen LogP contribution in [-0.2, 0) is 9.22 Å². The number of carbonyl (C=O) groups excluding carboxylic acids is 1. The molecule has 2 aromatic rings. The molecule has 0 saturated heterocycles. The molecule has 0 fully saturated rings. The highest BCUT2D eigenvalue weighted by Gasteiger charge is 2.49. The van der Waals surface area contributed by atoms with Crippen LogP contribution in [0.1, 0.15) is 40.0 Å². The van der Waals surface area contributed by atoms with Crippen LogP contribution in [0.15, 0.2) is 60.7 Å². The summed E-state index contributed by atoms with van der Waals surface area (Å²) in [5, 5.41) is 12.3. The Morgan fingerprint density at radius 3 is 1.92 bits per heavy atom. The van der Waals surface area contributed by atoms with E-state index in [9.17, 15) is 9.90 Å². The third kappa shape index (κ3) is 4.70. The summed E-state index contributed by atoms with van der Waals surface area (Å²) in [5.41, 5.74) is 0. The van der Waals surface area contributed by atoms with Gasteiger partial charge in [0.2, 0.25) is 0 Å². The molecule has 0 aliphatic rings. The largest absolute Gasteiger partial charge is 0.407 e. The minimum absolute atomic E-state index is 0.0445. The number of aliphatic hydroxyl groups excluding tert-OH is 1. The van der Waals surface area contributed by atoms with Crippen LogP contribution in [0.3, 0.4) is 0 Å². The highest BCUT2D eigenvalue weighted by Crippen LogP contribution is 2.36. The second-order valence-electron chi connectivity index (χ2n) is 7.71. The van der Waals surface area contributed by atoms with Crippen molar-refractivity contribution in [1.82, 2.24) is 0 Å². The molecule has 3 nitrogen and oxygen atoms in total. The Hall–Kier alpha value is -1.75. The maximum absolute atomic E-state index is 10.5. The van der Waals surface area contributed by atoms with Crippen molar-refractivity contribution in [2.45, 2.75) is 51.2 Å². The van der Waals surface area contributed by atoms with E-state index >= 15 is 0 Å². The fourth-order valence-corrected chi connectivity index (χ4v) is 8.14. The van der Waals surface area contributed by atoms with E-state index in [1.807, 2.05) is 12.1 Å². The van der Waals surface area contributed by atoms with E-state index in [1.54, 1.807) is 0 Å². The smallest absolute Gasteiger partial charge is 0.261 e. The average molecular weight is 371 g/mol. The molecule has 4 heteroatoms. The van der Waals surface area contributed by atoms with Crippen LogP contribution in [0.4, 0.5) is 0 Å². The molecule has 0 saturated carbocycles. The van der Waals surface area contributed by atoms with Gasteiger partial charge in [-0.15, -0.1) is 0 Å². The first-order valence-corrected chi connectivity index (χ1v) is 11.2. The second kappa shape index (κ2) is 9.26. The average Bonchev–Trinajstić information content (AvgIpc) is 2.62. The molecule has 0 radical (unpaired) electrons. The standard InChI is InChI=1S/C22H30O3Si/c1-22(2,3)26(20-12-6-4-7-13-20,21-14-8-5-9-15-21)25-18-10-11-19(24)16-17-23/h4-9,12-15,17,19,24H,10-11,16,18H2,1-3H3/t19-/m1/s1. The van der Waals surface area contributed by atoms with E-state index in [2.05, 4.69) is 69.3 Å². The van der Waals surface area contributed by atoms with Crippen LogP contribution in [-0.4, -0.2) is 32.4 Å². The molecule has 0 aliphatic carbocycles. The van der Waals surface area contributed by atoms with Crippen molar-refractivity contribution in [2.24, 2.45) is 0 Å². The summed E-state index contributed by atoms with van der Waals surface area (Å²) in [4.78, 5) is 10.5. The monoisotopic (exact) mass is 370 g/mol. The van der Waals surface area contributed by atoms with Gasteiger partial charge in [0.1, 0.15) is 6.29 Å². The zero-order valence-electron chi connectivity index (χ0n) is 16.0. The van der Waals surface area contributed by atoms with Crippen molar-refractivity contribution in [3.63, 3.8) is 0 Å². The zero-order chi connectivity index (χ0) is 19.0. The first-order chi connectivity index (χ1) is 12.4. The fraction of sp³-hybridized carbons (Fsp3) is 0.409. The van der Waals surface area contributed by atoms with Gasteiger partial charge >= 0.3 is 0 Å². The maximum atomic E-state index is 10.5. The van der Waals surface area contributed by atoms with Gasteiger partial charge in [-0.3, -0.25) is 0 Å². The molecule has 26 heavy (non-hydrogen) atoms. The molecular weight excluding hydrogens is 340 g/mol. The van der Waals surface area contributed by atoms with Gasteiger partial charge < -0.3 is 14.3 Å². The van der Waals surface area contributed by atoms with Gasteiger partial charge in [0, 0.05) is 13.0 Å². The molecule has 0 heterocycles. The minimum Gasteiger partial charge on any atom is -0.407 e. The second-order valence-corrected chi connectivity index (χ2v) is 12.0. The highest BCUT2D eigenvalue weighted by molar-refractivity contribution is 6.99. The Morgan fingerprint density at radius 2 is 1.50 bits per heavy atom. The van der Waals surface area contributed by atoms with E-state index in [1.165, 1.54) is 10.4 Å². The lowest BCUT2D eigenvalue weighted by Crippen LogP contribution is -2.66. The first kappa shape index (κ1) is 20.6. The number of benzene rings is 2. The number of aldehydes is 1. The summed E-state index contributed by atoms with van der Waals surface area (Å²) in [6, 6.07) is 21.0. The molecule has 1 atom stereocenters. The summed E-state index contributed by atoms with van der Waals surface area (Å²) in [7, 11) is -2.49. The van der Waals surface area contributed by atoms with Crippen molar-refractivity contribution < 1.29 is 14.3 Å². The van der Waals surface area contributed by atoms with Gasteiger partial charge in [0.25, 0.3) is 8.32 Å². The Morgan fingerprint density at radius 1 is 1.00 bits per heavy atom. The Balaban J connectivity index is 2.33. The third-order valence-electron chi connectivity index (χ3n) is 4.79. The molecular formula is C22H30O3Si. The molecule has 0 unspecified atom stereocenters. The van der Waals surface area contributed by atoms with Gasteiger partial charge in [0.15, 0.2) is 0 Å².